The molecular formula is C28H39NO4. The number of carbonyl (C=O) groups excluding carboxylic acids is 2. The number of aryl methyl sites for hydroxylation is 2. The zero-order chi connectivity index (χ0) is 24.5. The van der Waals surface area contributed by atoms with Gasteiger partial charge in [-0.15, -0.1) is 0 Å². The molecule has 1 saturated carbocycles. The molecule has 3 rings (SSSR count). The van der Waals surface area contributed by atoms with E-state index < -0.39 is 0 Å². The number of carbonyl (C=O) groups is 2. The van der Waals surface area contributed by atoms with Crippen LogP contribution in [0.2, 0.25) is 0 Å². The zero-order valence-corrected chi connectivity index (χ0v) is 21.0. The van der Waals surface area contributed by atoms with Gasteiger partial charge in [-0.3, -0.25) is 9.59 Å². The number of amides is 1. The average Bonchev–Trinajstić information content (AvgIpc) is 2.80. The van der Waals surface area contributed by atoms with Crippen molar-refractivity contribution in [3.63, 3.8) is 0 Å². The summed E-state index contributed by atoms with van der Waals surface area (Å²) in [4.78, 5) is 23.6. The van der Waals surface area contributed by atoms with E-state index in [0.717, 1.165) is 77.3 Å². The van der Waals surface area contributed by atoms with Crippen LogP contribution in [0.25, 0.3) is 0 Å². The minimum Gasteiger partial charge on any atom is -0.496 e. The number of ketones is 1. The Morgan fingerprint density at radius 2 is 1.73 bits per heavy atom. The number of rotatable bonds is 6. The first-order valence-corrected chi connectivity index (χ1v) is 11.9. The predicted octanol–water partition coefficient (Wildman–Crippen LogP) is 6.02. The highest BCUT2D eigenvalue weighted by Crippen LogP contribution is 2.30. The maximum Gasteiger partial charge on any atom is 0.227 e. The Morgan fingerprint density at radius 3 is 2.27 bits per heavy atom. The number of aliphatic hydroxyl groups excluding tert-OH is 1. The molecule has 0 heterocycles. The molecule has 0 bridgehead atoms. The van der Waals surface area contributed by atoms with Crippen molar-refractivity contribution in [2.75, 3.05) is 12.4 Å². The molecule has 5 heteroatoms. The van der Waals surface area contributed by atoms with Gasteiger partial charge in [0.15, 0.2) is 5.78 Å². The van der Waals surface area contributed by atoms with Crippen LogP contribution in [0.5, 0.6) is 5.75 Å². The molecule has 2 aromatic carbocycles. The first-order chi connectivity index (χ1) is 15.7. The van der Waals surface area contributed by atoms with Gasteiger partial charge in [0, 0.05) is 23.2 Å². The third-order valence-electron chi connectivity index (χ3n) is 6.51. The number of ether oxygens (including phenoxy) is 1. The van der Waals surface area contributed by atoms with Crippen molar-refractivity contribution in [2.24, 2.45) is 11.8 Å². The summed E-state index contributed by atoms with van der Waals surface area (Å²) in [6.45, 7) is 9.82. The third-order valence-corrected chi connectivity index (χ3v) is 6.51. The number of hydrogen-bond donors (Lipinski definition) is 2. The van der Waals surface area contributed by atoms with Crippen LogP contribution in [0.4, 0.5) is 5.69 Å². The van der Waals surface area contributed by atoms with Crippen molar-refractivity contribution in [2.45, 2.75) is 73.3 Å². The van der Waals surface area contributed by atoms with Gasteiger partial charge >= 0.3 is 0 Å². The second-order valence-electron chi connectivity index (χ2n) is 9.14. The van der Waals surface area contributed by atoms with Crippen molar-refractivity contribution in [3.05, 3.63) is 58.1 Å². The van der Waals surface area contributed by atoms with Crippen LogP contribution in [0, 0.1) is 25.7 Å². The highest BCUT2D eigenvalue weighted by atomic mass is 16.5. The van der Waals surface area contributed by atoms with Crippen LogP contribution in [-0.4, -0.2) is 23.9 Å². The van der Waals surface area contributed by atoms with Crippen molar-refractivity contribution in [3.8, 4) is 5.75 Å². The number of methoxy groups -OCH3 is 1. The molecule has 1 aliphatic carbocycles. The molecule has 0 aromatic heterocycles. The summed E-state index contributed by atoms with van der Waals surface area (Å²) in [6.07, 6.45) is 5.20. The van der Waals surface area contributed by atoms with Gasteiger partial charge in [-0.2, -0.15) is 0 Å². The number of hydrogen-bond acceptors (Lipinski definition) is 4. The third kappa shape index (κ3) is 7.43. The first-order valence-electron chi connectivity index (χ1n) is 11.9. The number of benzene rings is 2. The standard InChI is InChI=1S/C16H23NO2.C12H16O2/c1-11-4-7-13(8-5-11)16(18)17-14-9-6-12(2)15(10-14)19-3;1-4-11-8(2)5-10(7-13)6-12(11)9(3)14/h6,9-11,13H,4-5,7-8H2,1-3H3,(H,17,18);5-6,13H,4,7H2,1-3H3. The van der Waals surface area contributed by atoms with E-state index in [1.165, 1.54) is 0 Å². The molecule has 1 fully saturated rings. The summed E-state index contributed by atoms with van der Waals surface area (Å²) < 4.78 is 5.28. The van der Waals surface area contributed by atoms with E-state index in [1.54, 1.807) is 20.1 Å². The Kier molecular flexibility index (Phi) is 10.1. The van der Waals surface area contributed by atoms with Crippen molar-refractivity contribution in [1.29, 1.82) is 0 Å². The summed E-state index contributed by atoms with van der Waals surface area (Å²) in [5.74, 6) is 1.97. The maximum absolute atomic E-state index is 12.2. The fourth-order valence-corrected chi connectivity index (χ4v) is 4.43. The van der Waals surface area contributed by atoms with Gasteiger partial charge in [-0.1, -0.05) is 26.0 Å². The lowest BCUT2D eigenvalue weighted by Crippen LogP contribution is -2.26. The quantitative estimate of drug-likeness (QED) is 0.524. The molecule has 0 saturated heterocycles. The molecule has 0 unspecified atom stereocenters. The largest absolute Gasteiger partial charge is 0.496 e. The van der Waals surface area contributed by atoms with Crippen molar-refractivity contribution in [1.82, 2.24) is 0 Å². The Balaban J connectivity index is 0.000000245. The molecule has 0 aliphatic heterocycles. The maximum atomic E-state index is 12.2. The molecule has 2 aromatic rings. The Bertz CT molecular complexity index is 959. The molecule has 0 radical (unpaired) electrons. The molecule has 33 heavy (non-hydrogen) atoms. The van der Waals surface area contributed by atoms with E-state index in [4.69, 9.17) is 9.84 Å². The van der Waals surface area contributed by atoms with Gasteiger partial charge in [0.05, 0.1) is 13.7 Å². The molecule has 0 atom stereocenters. The number of nitrogens with one attached hydrogen (secondary N) is 1. The number of aliphatic hydroxyl groups is 1. The minimum absolute atomic E-state index is 0.00882. The fraction of sp³-hybridized carbons (Fsp3) is 0.500. The molecule has 1 aliphatic rings. The Hall–Kier alpha value is -2.66. The van der Waals surface area contributed by atoms with Gasteiger partial charge < -0.3 is 15.2 Å². The normalized spacial score (nSPS) is 17.5. The summed E-state index contributed by atoms with van der Waals surface area (Å²) in [7, 11) is 1.65. The topological polar surface area (TPSA) is 75.6 Å². The van der Waals surface area contributed by atoms with E-state index in [9.17, 15) is 9.59 Å². The Morgan fingerprint density at radius 1 is 1.06 bits per heavy atom. The van der Waals surface area contributed by atoms with Crippen LogP contribution >= 0.6 is 0 Å². The van der Waals surface area contributed by atoms with Crippen LogP contribution in [0.15, 0.2) is 30.3 Å². The van der Waals surface area contributed by atoms with Gasteiger partial charge in [0.2, 0.25) is 5.91 Å². The lowest BCUT2D eigenvalue weighted by molar-refractivity contribution is -0.121. The lowest BCUT2D eigenvalue weighted by atomic mass is 9.82. The second kappa shape index (κ2) is 12.5. The van der Waals surface area contributed by atoms with E-state index >= 15 is 0 Å². The van der Waals surface area contributed by atoms with E-state index in [-0.39, 0.29) is 24.2 Å². The second-order valence-corrected chi connectivity index (χ2v) is 9.14. The SMILES string of the molecule is CCc1c(C)cc(CO)cc1C(C)=O.COc1cc(NC(=O)C2CCC(C)CC2)ccc1C. The summed E-state index contributed by atoms with van der Waals surface area (Å²) in [5, 5.41) is 12.0. The van der Waals surface area contributed by atoms with Gasteiger partial charge in [0.25, 0.3) is 0 Å². The average molecular weight is 454 g/mol. The zero-order valence-electron chi connectivity index (χ0n) is 21.0. The molecule has 180 valence electrons. The van der Waals surface area contributed by atoms with Crippen molar-refractivity contribution >= 4 is 17.4 Å². The van der Waals surface area contributed by atoms with Crippen LogP contribution in [0.1, 0.15) is 79.1 Å². The highest BCUT2D eigenvalue weighted by Gasteiger charge is 2.24. The molecule has 1 amide bonds. The summed E-state index contributed by atoms with van der Waals surface area (Å²) >= 11 is 0. The molecule has 0 spiro atoms. The fourth-order valence-electron chi connectivity index (χ4n) is 4.43. The smallest absolute Gasteiger partial charge is 0.227 e. The van der Waals surface area contributed by atoms with Gasteiger partial charge in [0.1, 0.15) is 5.75 Å². The van der Waals surface area contributed by atoms with Crippen LogP contribution in [0.3, 0.4) is 0 Å². The predicted molar refractivity (Wildman–Crippen MR) is 134 cm³/mol. The number of anilines is 1. The lowest BCUT2D eigenvalue weighted by Gasteiger charge is -2.25. The van der Waals surface area contributed by atoms with Crippen LogP contribution in [-0.2, 0) is 17.8 Å². The van der Waals surface area contributed by atoms with E-state index in [2.05, 4.69) is 12.2 Å². The van der Waals surface area contributed by atoms with E-state index in [1.807, 2.05) is 45.0 Å². The Labute approximate surface area is 198 Å². The number of Topliss-reactive ketones (excluding diaryl/α,β-unsaturated/α-hetero) is 1. The summed E-state index contributed by atoms with van der Waals surface area (Å²) in [5.41, 5.74) is 5.64. The van der Waals surface area contributed by atoms with Crippen LogP contribution < -0.4 is 10.1 Å². The molecule has 5 nitrogen and oxygen atoms in total. The summed E-state index contributed by atoms with van der Waals surface area (Å²) in [6, 6.07) is 9.51. The highest BCUT2D eigenvalue weighted by molar-refractivity contribution is 5.96. The molecular weight excluding hydrogens is 414 g/mol. The van der Waals surface area contributed by atoms with Gasteiger partial charge in [-0.25, -0.2) is 0 Å². The monoisotopic (exact) mass is 453 g/mol. The molecule has 2 N–H and O–H groups in total. The minimum atomic E-state index is -0.00882. The van der Waals surface area contributed by atoms with Gasteiger partial charge in [-0.05, 0) is 93.2 Å². The van der Waals surface area contributed by atoms with Crippen molar-refractivity contribution < 1.29 is 19.4 Å². The first kappa shape index (κ1) is 26.6. The van der Waals surface area contributed by atoms with E-state index in [0.29, 0.717) is 0 Å².